The van der Waals surface area contributed by atoms with Crippen LogP contribution in [0.15, 0.2) is 129 Å². The van der Waals surface area contributed by atoms with Gasteiger partial charge in [0.2, 0.25) is 19.7 Å². The number of nitrogens with zero attached hydrogens (tertiary/aromatic N) is 1. The van der Waals surface area contributed by atoms with Gasteiger partial charge in [-0.2, -0.15) is 0 Å². The number of anilines is 1. The van der Waals surface area contributed by atoms with Crippen LogP contribution >= 0.6 is 0 Å². The van der Waals surface area contributed by atoms with Gasteiger partial charge in [-0.25, -0.2) is 26.4 Å². The van der Waals surface area contributed by atoms with Crippen molar-refractivity contribution in [3.05, 3.63) is 114 Å². The maximum Gasteiger partial charge on any atom is 0.350 e. The molecule has 0 saturated carbocycles. The van der Waals surface area contributed by atoms with Crippen LogP contribution in [0.2, 0.25) is 0 Å². The van der Waals surface area contributed by atoms with Crippen LogP contribution < -0.4 is 9.64 Å². The highest BCUT2D eigenvalue weighted by Gasteiger charge is 2.30. The molecule has 0 aromatic heterocycles. The van der Waals surface area contributed by atoms with Gasteiger partial charge in [-0.3, -0.25) is 0 Å². The molecule has 3 aromatic carbocycles. The van der Waals surface area contributed by atoms with E-state index in [1.807, 2.05) is 12.1 Å². The number of esters is 2. The summed E-state index contributed by atoms with van der Waals surface area (Å²) in [5.41, 5.74) is 0.884. The number of rotatable bonds is 10. The van der Waals surface area contributed by atoms with E-state index in [0.29, 0.717) is 5.75 Å². The third-order valence-corrected chi connectivity index (χ3v) is 9.60. The summed E-state index contributed by atoms with van der Waals surface area (Å²) in [4.78, 5) is 25.1. The lowest BCUT2D eigenvalue weighted by Gasteiger charge is -2.12. The molecule has 1 heterocycles. The van der Waals surface area contributed by atoms with Gasteiger partial charge in [-0.15, -0.1) is 0 Å². The highest BCUT2D eigenvalue weighted by Crippen LogP contribution is 2.37. The number of sulfone groups is 2. The largest absolute Gasteiger partial charge is 0.459 e. The maximum atomic E-state index is 13.6. The van der Waals surface area contributed by atoms with E-state index in [2.05, 4.69) is 6.58 Å². The Hall–Kier alpha value is -4.68. The van der Waals surface area contributed by atoms with Crippen molar-refractivity contribution in [2.45, 2.75) is 21.6 Å². The van der Waals surface area contributed by atoms with Gasteiger partial charge in [0.05, 0.1) is 20.4 Å². The first-order valence-electron chi connectivity index (χ1n) is 12.5. The number of carbonyl (C=O) groups excluding carboxylic acids is 2. The Bertz CT molecular complexity index is 1790. The van der Waals surface area contributed by atoms with Gasteiger partial charge in [0.1, 0.15) is 13.2 Å². The predicted octanol–water partition coefficient (Wildman–Crippen LogP) is 4.21. The van der Waals surface area contributed by atoms with E-state index in [-0.39, 0.29) is 32.7 Å². The molecule has 0 atom stereocenters. The van der Waals surface area contributed by atoms with Crippen molar-refractivity contribution in [2.24, 2.45) is 0 Å². The maximum absolute atomic E-state index is 13.6. The quantitative estimate of drug-likeness (QED) is 0.187. The first-order valence-corrected chi connectivity index (χ1v) is 15.5. The van der Waals surface area contributed by atoms with Crippen molar-refractivity contribution >= 4 is 37.3 Å². The second-order valence-electron chi connectivity index (χ2n) is 9.01. The van der Waals surface area contributed by atoms with Gasteiger partial charge in [0.25, 0.3) is 0 Å². The number of fused-ring (bicyclic) bond motifs is 1. The lowest BCUT2D eigenvalue weighted by Crippen LogP contribution is -2.20. The molecule has 218 valence electrons. The normalized spacial score (nSPS) is 14.2. The van der Waals surface area contributed by atoms with Crippen molar-refractivity contribution in [3.63, 3.8) is 0 Å². The summed E-state index contributed by atoms with van der Waals surface area (Å²) in [6.45, 7) is 4.16. The van der Waals surface area contributed by atoms with Crippen LogP contribution in [-0.2, 0) is 38.7 Å². The minimum atomic E-state index is -4.52. The minimum absolute atomic E-state index is 0.0467. The zero-order valence-corrected chi connectivity index (χ0v) is 24.4. The zero-order chi connectivity index (χ0) is 30.5. The molecule has 1 aliphatic rings. The van der Waals surface area contributed by atoms with Crippen molar-refractivity contribution in [2.75, 3.05) is 25.2 Å². The molecular formula is C30H27NO9S2. The first-order chi connectivity index (χ1) is 19.9. The average molecular weight is 610 g/mol. The Balaban J connectivity index is 1.64. The molecule has 12 heteroatoms. The first kappa shape index (κ1) is 30.3. The van der Waals surface area contributed by atoms with Crippen LogP contribution in [0.3, 0.4) is 0 Å². The van der Waals surface area contributed by atoms with E-state index in [1.165, 1.54) is 25.1 Å². The zero-order valence-electron chi connectivity index (χ0n) is 22.7. The van der Waals surface area contributed by atoms with E-state index < -0.39 is 43.1 Å². The van der Waals surface area contributed by atoms with Crippen molar-refractivity contribution in [1.82, 2.24) is 0 Å². The summed E-state index contributed by atoms with van der Waals surface area (Å²) in [7, 11) is -6.71. The van der Waals surface area contributed by atoms with Gasteiger partial charge in [0, 0.05) is 18.7 Å². The molecule has 4 rings (SSSR count). The molecule has 0 bridgehead atoms. The number of benzene rings is 3. The highest BCUT2D eigenvalue weighted by atomic mass is 32.2. The summed E-state index contributed by atoms with van der Waals surface area (Å²) in [6, 6.07) is 19.3. The Morgan fingerprint density at radius 3 is 1.98 bits per heavy atom. The predicted molar refractivity (Wildman–Crippen MR) is 154 cm³/mol. The lowest BCUT2D eigenvalue weighted by molar-refractivity contribution is -0.146. The van der Waals surface area contributed by atoms with E-state index in [4.69, 9.17) is 14.2 Å². The van der Waals surface area contributed by atoms with Crippen molar-refractivity contribution in [1.29, 1.82) is 0 Å². The molecule has 1 aliphatic heterocycles. The van der Waals surface area contributed by atoms with Gasteiger partial charge >= 0.3 is 11.9 Å². The summed E-state index contributed by atoms with van der Waals surface area (Å²) < 4.78 is 68.9. The van der Waals surface area contributed by atoms with E-state index in [1.54, 1.807) is 42.3 Å². The molecule has 0 fully saturated rings. The SMILES string of the molecule is C=C(C)C(=O)OCCOC(=O)/C(=C/C=C1\Oc2ccccc2N1C)S(=O)(=O)c1ccc(S(=O)(=O)c2ccccc2)cc1. The Labute approximate surface area is 244 Å². The van der Waals surface area contributed by atoms with Crippen LogP contribution in [0.4, 0.5) is 5.69 Å². The van der Waals surface area contributed by atoms with E-state index in [0.717, 1.165) is 36.0 Å². The lowest BCUT2D eigenvalue weighted by atomic mass is 10.3. The number of hydrogen-bond donors (Lipinski definition) is 0. The Morgan fingerprint density at radius 2 is 1.36 bits per heavy atom. The van der Waals surface area contributed by atoms with Crippen LogP contribution in [0.1, 0.15) is 6.92 Å². The van der Waals surface area contributed by atoms with Gasteiger partial charge < -0.3 is 19.1 Å². The number of carbonyl (C=O) groups is 2. The molecule has 0 saturated heterocycles. The third kappa shape index (κ3) is 6.45. The average Bonchev–Trinajstić information content (AvgIpc) is 3.30. The number of allylic oxidation sites excluding steroid dienone is 2. The van der Waals surface area contributed by atoms with Crippen LogP contribution in [0.25, 0.3) is 0 Å². The second-order valence-corrected chi connectivity index (χ2v) is 12.9. The molecule has 0 amide bonds. The van der Waals surface area contributed by atoms with Crippen molar-refractivity contribution in [3.8, 4) is 5.75 Å². The molecule has 3 aromatic rings. The monoisotopic (exact) mass is 609 g/mol. The fourth-order valence-corrected chi connectivity index (χ4v) is 6.36. The van der Waals surface area contributed by atoms with E-state index in [9.17, 15) is 26.4 Å². The number of ether oxygens (including phenoxy) is 3. The van der Waals surface area contributed by atoms with Gasteiger partial charge in [-0.1, -0.05) is 36.9 Å². The van der Waals surface area contributed by atoms with Crippen LogP contribution in [0.5, 0.6) is 5.75 Å². The van der Waals surface area contributed by atoms with Crippen molar-refractivity contribution < 1.29 is 40.6 Å². The molecule has 0 N–H and O–H groups in total. The molecule has 42 heavy (non-hydrogen) atoms. The molecule has 10 nitrogen and oxygen atoms in total. The smallest absolute Gasteiger partial charge is 0.350 e. The minimum Gasteiger partial charge on any atom is -0.459 e. The summed E-state index contributed by atoms with van der Waals surface area (Å²) >= 11 is 0. The standard InChI is InChI=1S/C30H27NO9S2/c1-21(2)29(32)38-19-20-39-30(33)27(17-18-28-31(3)25-11-7-8-12-26(25)40-28)42(36,37)24-15-13-23(14-16-24)41(34,35)22-9-5-4-6-10-22/h4-18H,1,19-20H2,2-3H3/b27-17-,28-18-. The fraction of sp³-hybridized carbons (Fsp3) is 0.133. The number of hydrogen-bond acceptors (Lipinski definition) is 10. The summed E-state index contributed by atoms with van der Waals surface area (Å²) in [6.07, 6.45) is 2.35. The molecule has 0 spiro atoms. The van der Waals surface area contributed by atoms with Gasteiger partial charge in [-0.05, 0) is 61.5 Å². The van der Waals surface area contributed by atoms with Crippen LogP contribution in [0, 0.1) is 0 Å². The third-order valence-electron chi connectivity index (χ3n) is 6.04. The van der Waals surface area contributed by atoms with Gasteiger partial charge in [0.15, 0.2) is 16.5 Å². The topological polar surface area (TPSA) is 133 Å². The molecule has 0 radical (unpaired) electrons. The summed E-state index contributed by atoms with van der Waals surface area (Å²) in [5, 5.41) is 0. The molecular weight excluding hydrogens is 582 g/mol. The summed E-state index contributed by atoms with van der Waals surface area (Å²) in [5.74, 6) is -1.11. The Morgan fingerprint density at radius 1 is 0.810 bits per heavy atom. The molecule has 0 aliphatic carbocycles. The highest BCUT2D eigenvalue weighted by molar-refractivity contribution is 7.96. The number of para-hydroxylation sites is 2. The van der Waals surface area contributed by atoms with Crippen LogP contribution in [-0.4, -0.2) is 49.0 Å². The van der Waals surface area contributed by atoms with E-state index >= 15 is 0 Å². The fourth-order valence-electron chi connectivity index (χ4n) is 3.80. The Kier molecular flexibility index (Phi) is 8.98. The molecule has 0 unspecified atom stereocenters. The second kappa shape index (κ2) is 12.5.